The van der Waals surface area contributed by atoms with Crippen LogP contribution >= 0.6 is 34.8 Å². The summed E-state index contributed by atoms with van der Waals surface area (Å²) in [4.78, 5) is 73.4. The second kappa shape index (κ2) is 35.5. The second-order valence-corrected chi connectivity index (χ2v) is 30.9. The number of aryl methyl sites for hydroxylation is 3. The third-order valence-electron chi connectivity index (χ3n) is 18.3. The Bertz CT molecular complexity index is 5110. The first-order chi connectivity index (χ1) is 51.5. The zero-order chi connectivity index (χ0) is 79.4. The number of aromatic carboxylic acids is 1. The molecule has 12 rings (SSSR count). The average Bonchev–Trinajstić information content (AvgIpc) is 1.67. The van der Waals surface area contributed by atoms with Crippen molar-refractivity contribution in [2.24, 2.45) is 16.2 Å². The topological polar surface area (TPSA) is 200 Å². The van der Waals surface area contributed by atoms with E-state index in [2.05, 4.69) is 68.6 Å². The fraction of sp³-hybridized carbons (Fsp3) is 0.258. The van der Waals surface area contributed by atoms with Gasteiger partial charge in [-0.05, 0) is 235 Å². The highest BCUT2D eigenvalue weighted by Crippen LogP contribution is 2.34. The van der Waals surface area contributed by atoms with E-state index in [1.54, 1.807) is 66.7 Å². The van der Waals surface area contributed by atoms with Crippen LogP contribution in [0.3, 0.4) is 0 Å². The number of rotatable bonds is 19. The molecule has 12 aromatic rings. The summed E-state index contributed by atoms with van der Waals surface area (Å²) in [7, 11) is 0. The number of nitrogens with zero attached hydrogens (tertiary/aromatic N) is 3. The van der Waals surface area contributed by atoms with Crippen molar-refractivity contribution in [1.29, 1.82) is 0 Å². The van der Waals surface area contributed by atoms with Crippen LogP contribution in [0.25, 0.3) is 66.5 Å². The average molecular weight is 1530 g/mol. The Hall–Kier alpha value is -10.7. The number of ketones is 2. The molecule has 0 aliphatic heterocycles. The molecule has 0 atom stereocenters. The Morgan fingerprint density at radius 2 is 0.642 bits per heavy atom. The number of benzene rings is 9. The molecule has 0 aliphatic carbocycles. The lowest BCUT2D eigenvalue weighted by Gasteiger charge is -2.18. The monoisotopic (exact) mass is 1530 g/mol. The molecule has 0 aliphatic rings. The summed E-state index contributed by atoms with van der Waals surface area (Å²) in [5.74, 6) is -2.20. The molecule has 20 heteroatoms. The number of nitrogens with one attached hydrogen (secondary N) is 3. The molecular formula is C89H91Cl3F3N7O7. The maximum atomic E-state index is 13.4. The molecule has 566 valence electrons. The molecule has 9 aromatic carbocycles. The van der Waals surface area contributed by atoms with Gasteiger partial charge in [0.15, 0.2) is 11.6 Å². The van der Waals surface area contributed by atoms with Crippen LogP contribution in [0.4, 0.5) is 18.9 Å². The summed E-state index contributed by atoms with van der Waals surface area (Å²) in [6, 6.07) is 58.9. The van der Waals surface area contributed by atoms with Crippen LogP contribution < -0.4 is 21.7 Å². The molecule has 0 spiro atoms. The minimum Gasteiger partial charge on any atom is -0.478 e. The molecule has 6 N–H and O–H groups in total. The van der Waals surface area contributed by atoms with Crippen LogP contribution in [-0.4, -0.2) is 54.1 Å². The number of carboxylic acid groups (broad SMARTS) is 1. The van der Waals surface area contributed by atoms with Crippen molar-refractivity contribution in [3.8, 4) is 33.8 Å². The van der Waals surface area contributed by atoms with E-state index in [1.165, 1.54) is 48.5 Å². The van der Waals surface area contributed by atoms with E-state index >= 15 is 0 Å². The number of fused-ring (bicyclic) bond motifs is 3. The minimum atomic E-state index is -1.08. The Morgan fingerprint density at radius 3 is 0.936 bits per heavy atom. The quantitative estimate of drug-likeness (QED) is 0.0389. The smallest absolute Gasteiger partial charge is 0.337 e. The van der Waals surface area contributed by atoms with Crippen molar-refractivity contribution in [3.63, 3.8) is 0 Å². The zero-order valence-corrected chi connectivity index (χ0v) is 65.6. The highest BCUT2D eigenvalue weighted by molar-refractivity contribution is 6.35. The Balaban J connectivity index is 0.000000175. The molecule has 0 bridgehead atoms. The third-order valence-corrected chi connectivity index (χ3v) is 19.3. The lowest BCUT2D eigenvalue weighted by molar-refractivity contribution is -0.129. The largest absolute Gasteiger partial charge is 0.478 e. The number of anilines is 1. The molecule has 3 heterocycles. The number of hydrogen-bond donors (Lipinski definition) is 5. The molecule has 14 nitrogen and oxygen atoms in total. The van der Waals surface area contributed by atoms with Gasteiger partial charge in [0.05, 0.1) is 20.6 Å². The van der Waals surface area contributed by atoms with Crippen molar-refractivity contribution < 1.29 is 47.0 Å². The Kier molecular flexibility index (Phi) is 26.9. The minimum absolute atomic E-state index is 0.0409. The van der Waals surface area contributed by atoms with Gasteiger partial charge in [0.1, 0.15) is 17.5 Å². The predicted octanol–water partition coefficient (Wildman–Crippen LogP) is 21.2. The van der Waals surface area contributed by atoms with E-state index in [4.69, 9.17) is 45.6 Å². The number of nitrogen functional groups attached to an aromatic ring is 1. The molecule has 3 aromatic heterocycles. The Morgan fingerprint density at radius 1 is 0.367 bits per heavy atom. The molecule has 0 radical (unpaired) electrons. The van der Waals surface area contributed by atoms with Crippen LogP contribution in [0.15, 0.2) is 200 Å². The van der Waals surface area contributed by atoms with Crippen LogP contribution in [0.2, 0.25) is 15.1 Å². The molecule has 0 unspecified atom stereocenters. The summed E-state index contributed by atoms with van der Waals surface area (Å²) < 4.78 is 46.4. The van der Waals surface area contributed by atoms with Crippen LogP contribution in [0.1, 0.15) is 142 Å². The van der Waals surface area contributed by atoms with Crippen molar-refractivity contribution >= 4 is 108 Å². The number of halogens is 6. The number of carbonyl (C=O) groups excluding carboxylic acids is 5. The molecular weight excluding hydrogens is 1440 g/mol. The fourth-order valence-corrected chi connectivity index (χ4v) is 12.9. The summed E-state index contributed by atoms with van der Waals surface area (Å²) in [5, 5.41) is 21.6. The molecule has 0 saturated carbocycles. The number of amides is 3. The van der Waals surface area contributed by atoms with Gasteiger partial charge < -0.3 is 40.5 Å². The first-order valence-corrected chi connectivity index (χ1v) is 37.1. The van der Waals surface area contributed by atoms with Crippen LogP contribution in [0, 0.1) is 33.7 Å². The van der Waals surface area contributed by atoms with Gasteiger partial charge in [0.25, 0.3) is 0 Å². The van der Waals surface area contributed by atoms with Gasteiger partial charge in [-0.2, -0.15) is 0 Å². The second-order valence-electron chi connectivity index (χ2n) is 29.7. The van der Waals surface area contributed by atoms with Gasteiger partial charge in [0, 0.05) is 135 Å². The van der Waals surface area contributed by atoms with E-state index in [1.807, 2.05) is 129 Å². The molecule has 109 heavy (non-hydrogen) atoms. The van der Waals surface area contributed by atoms with Crippen molar-refractivity contribution in [2.75, 3.05) is 5.73 Å². The molecule has 3 amide bonds. The maximum Gasteiger partial charge on any atom is 0.337 e. The lowest BCUT2D eigenvalue weighted by Crippen LogP contribution is -2.34. The number of Topliss-reactive ketones (excluding diaryl/α,β-unsaturated/α-hetero) is 2. The summed E-state index contributed by atoms with van der Waals surface area (Å²) in [5.41, 5.74) is 19.4. The van der Waals surface area contributed by atoms with Crippen molar-refractivity contribution in [1.82, 2.24) is 29.7 Å². The standard InChI is InChI=1S/2C30H30ClFN2O2.C16H15FN2.C13H16ClNO3/c2*1-5-34-26-13-7-19(14-22(26)17-27(34)21-8-10-23(32)11-9-21)16-28(35)24-15-20(6-12-25(24)31)18-33-29(36)30(2,3)4;1-2-19-15-8-7-14(18)9-12(15)10-16(19)11-3-5-13(17)6-4-11;1-13(2,3)12(18)15-7-8-4-5-10(14)9(6-8)11(16)17/h2*6-15,17H,5,16,18H2,1-4H3,(H,33,36);3-10H,2,18H2,1H3;4-6H,7H2,1-3H3,(H,15,18)(H,16,17). The van der Waals surface area contributed by atoms with Crippen molar-refractivity contribution in [3.05, 3.63) is 277 Å². The van der Waals surface area contributed by atoms with E-state index < -0.39 is 22.2 Å². The molecule has 0 fully saturated rings. The third kappa shape index (κ3) is 21.2. The Labute approximate surface area is 649 Å². The van der Waals surface area contributed by atoms with Gasteiger partial charge in [-0.3, -0.25) is 24.0 Å². The summed E-state index contributed by atoms with van der Waals surface area (Å²) >= 11 is 18.5. The normalized spacial score (nSPS) is 11.4. The predicted molar refractivity (Wildman–Crippen MR) is 435 cm³/mol. The number of nitrogens with two attached hydrogens (primary N) is 1. The van der Waals surface area contributed by atoms with E-state index in [-0.39, 0.29) is 76.7 Å². The van der Waals surface area contributed by atoms with Crippen LogP contribution in [0.5, 0.6) is 0 Å². The highest BCUT2D eigenvalue weighted by Gasteiger charge is 2.25. The number of carboxylic acids is 1. The van der Waals surface area contributed by atoms with Crippen LogP contribution in [-0.2, 0) is 66.5 Å². The highest BCUT2D eigenvalue weighted by atomic mass is 35.5. The lowest BCUT2D eigenvalue weighted by atomic mass is 9.95. The number of aromatic nitrogens is 3. The number of hydrogen-bond acceptors (Lipinski definition) is 7. The first kappa shape index (κ1) is 82.3. The van der Waals surface area contributed by atoms with Crippen molar-refractivity contribution in [2.45, 2.75) is 135 Å². The maximum absolute atomic E-state index is 13.4. The van der Waals surface area contributed by atoms with Gasteiger partial charge in [0.2, 0.25) is 17.7 Å². The molecule has 0 saturated heterocycles. The summed E-state index contributed by atoms with van der Waals surface area (Å²) in [6.07, 6.45) is 0.410. The van der Waals surface area contributed by atoms with Gasteiger partial charge in [-0.15, -0.1) is 0 Å². The van der Waals surface area contributed by atoms with E-state index in [9.17, 15) is 41.9 Å². The van der Waals surface area contributed by atoms with Gasteiger partial charge in [-0.25, -0.2) is 18.0 Å². The van der Waals surface area contributed by atoms with Gasteiger partial charge in [-0.1, -0.05) is 127 Å². The first-order valence-electron chi connectivity index (χ1n) is 35.9. The zero-order valence-electron chi connectivity index (χ0n) is 63.3. The SMILES string of the molecule is CC(C)(C)C(=O)NCc1ccc(Cl)c(C(=O)O)c1.CCn1c(-c2ccc(F)cc2)cc2cc(CC(=O)c3cc(CNC(=O)C(C)(C)C)ccc3Cl)ccc21.CCn1c(-c2ccc(F)cc2)cc2cc(CC(=O)c3cc(CNC(=O)C(C)(C)C)ccc3Cl)ccc21.CCn1c(-c2ccc(F)cc2)cc2cc(N)ccc21. The van der Waals surface area contributed by atoms with E-state index in [0.717, 1.165) is 114 Å². The van der Waals surface area contributed by atoms with Gasteiger partial charge >= 0.3 is 5.97 Å². The fourth-order valence-electron chi connectivity index (χ4n) is 12.3. The van der Waals surface area contributed by atoms with E-state index in [0.29, 0.717) is 39.8 Å². The number of carbonyl (C=O) groups is 6. The summed E-state index contributed by atoms with van der Waals surface area (Å²) in [6.45, 7) is 26.1.